The topological polar surface area (TPSA) is 51.4 Å². The van der Waals surface area contributed by atoms with Crippen LogP contribution >= 0.6 is 11.8 Å². The number of nitrogen functional groups attached to an aromatic ring is 1. The first kappa shape index (κ1) is 10.1. The number of pyridine rings is 1. The molecule has 5 heteroatoms. The van der Waals surface area contributed by atoms with Gasteiger partial charge in [0.15, 0.2) is 0 Å². The van der Waals surface area contributed by atoms with Gasteiger partial charge in [0.1, 0.15) is 11.6 Å². The van der Waals surface area contributed by atoms with E-state index in [2.05, 4.69) is 4.98 Å². The van der Waals surface area contributed by atoms with Gasteiger partial charge in [-0.3, -0.25) is 4.42 Å². The Bertz CT molecular complexity index is 406. The van der Waals surface area contributed by atoms with E-state index in [9.17, 15) is 0 Å². The van der Waals surface area contributed by atoms with Gasteiger partial charge >= 0.3 is 0 Å². The summed E-state index contributed by atoms with van der Waals surface area (Å²) >= 11 is 5.89. The van der Waals surface area contributed by atoms with Crippen LogP contribution in [-0.4, -0.2) is 16.0 Å². The number of hydrogen-bond donors (Lipinski definition) is 1. The highest BCUT2D eigenvalue weighted by Crippen LogP contribution is 2.29. The molecule has 0 spiro atoms. The molecule has 80 valence electrons. The highest BCUT2D eigenvalue weighted by Gasteiger charge is 2.16. The fraction of sp³-hybridized carbons (Fsp3) is 0.300. The molecule has 0 unspecified atom stereocenters. The minimum atomic E-state index is 0.463. The number of rotatable bonds is 2. The minimum Gasteiger partial charge on any atom is -0.493 e. The van der Waals surface area contributed by atoms with Crippen LogP contribution in [0.1, 0.15) is 18.2 Å². The molecule has 0 bridgehead atoms. The van der Waals surface area contributed by atoms with Crippen LogP contribution in [0, 0.1) is 0 Å². The number of hydrogen-bond acceptors (Lipinski definition) is 4. The molecule has 1 aliphatic heterocycles. The van der Waals surface area contributed by atoms with E-state index in [1.165, 1.54) is 0 Å². The van der Waals surface area contributed by atoms with E-state index in [1.54, 1.807) is 16.7 Å². The number of nitrogens with zero attached hydrogens (tertiary/aromatic N) is 2. The first-order valence-corrected chi connectivity index (χ1v) is 5.07. The van der Waals surface area contributed by atoms with E-state index in [1.807, 2.05) is 13.0 Å². The van der Waals surface area contributed by atoms with Crippen LogP contribution < -0.4 is 10.5 Å². The van der Waals surface area contributed by atoms with Gasteiger partial charge in [0.2, 0.25) is 0 Å². The fourth-order valence-corrected chi connectivity index (χ4v) is 1.70. The Morgan fingerprint density at radius 2 is 2.47 bits per heavy atom. The van der Waals surface area contributed by atoms with Crippen molar-refractivity contribution in [3.05, 3.63) is 23.5 Å². The highest BCUT2D eigenvalue weighted by atomic mass is 35.5. The molecular weight excluding hydrogens is 214 g/mol. The van der Waals surface area contributed by atoms with Gasteiger partial charge in [-0.25, -0.2) is 4.98 Å². The minimum absolute atomic E-state index is 0.463. The van der Waals surface area contributed by atoms with Crippen molar-refractivity contribution >= 4 is 23.7 Å². The van der Waals surface area contributed by atoms with Crippen molar-refractivity contribution in [2.24, 2.45) is 0 Å². The molecule has 0 radical (unpaired) electrons. The van der Waals surface area contributed by atoms with Crippen LogP contribution in [0.2, 0.25) is 0 Å². The summed E-state index contributed by atoms with van der Waals surface area (Å²) in [6, 6.07) is 1.73. The van der Waals surface area contributed by atoms with Crippen LogP contribution in [0.25, 0.3) is 6.08 Å². The lowest BCUT2D eigenvalue weighted by atomic mass is 10.1. The number of nitrogens with two attached hydrogens (primary N) is 1. The van der Waals surface area contributed by atoms with Crippen LogP contribution in [-0.2, 0) is 6.54 Å². The van der Waals surface area contributed by atoms with Gasteiger partial charge in [-0.05, 0) is 13.0 Å². The molecule has 0 fully saturated rings. The van der Waals surface area contributed by atoms with Crippen molar-refractivity contribution in [3.8, 4) is 5.75 Å². The molecule has 4 nitrogen and oxygen atoms in total. The van der Waals surface area contributed by atoms with Crippen molar-refractivity contribution in [3.63, 3.8) is 0 Å². The molecule has 1 aliphatic rings. The standard InChI is InChI=1S/C10H12ClN3O/c1-2-15-9-5-10(12)13-8-3-4-14(11)6-7(8)9/h3-5H,2,6H2,1H3,(H2,12,13). The number of halogens is 1. The Morgan fingerprint density at radius 3 is 3.20 bits per heavy atom. The normalized spacial score (nSPS) is 13.9. The number of fused-ring (bicyclic) bond motifs is 1. The second-order valence-corrected chi connectivity index (χ2v) is 3.65. The van der Waals surface area contributed by atoms with Gasteiger partial charge in [0.25, 0.3) is 0 Å². The first-order valence-electron chi connectivity index (χ1n) is 4.73. The van der Waals surface area contributed by atoms with Crippen molar-refractivity contribution in [2.75, 3.05) is 12.3 Å². The molecule has 2 rings (SSSR count). The van der Waals surface area contributed by atoms with Gasteiger partial charge in [-0.1, -0.05) is 0 Å². The Morgan fingerprint density at radius 1 is 1.67 bits per heavy atom. The molecule has 0 saturated heterocycles. The van der Waals surface area contributed by atoms with E-state index in [0.717, 1.165) is 17.0 Å². The van der Waals surface area contributed by atoms with Gasteiger partial charge in [0.05, 0.1) is 18.8 Å². The SMILES string of the molecule is CCOc1cc(N)nc2c1CN(Cl)C=C2. The zero-order valence-electron chi connectivity index (χ0n) is 8.40. The molecule has 15 heavy (non-hydrogen) atoms. The molecule has 1 aromatic rings. The third-order valence-corrected chi connectivity index (χ3v) is 2.37. The lowest BCUT2D eigenvalue weighted by Crippen LogP contribution is -2.13. The Labute approximate surface area is 93.4 Å². The molecule has 0 saturated carbocycles. The molecule has 0 aliphatic carbocycles. The Balaban J connectivity index is 2.47. The molecule has 0 aromatic carbocycles. The Hall–Kier alpha value is -1.42. The van der Waals surface area contributed by atoms with E-state index in [0.29, 0.717) is 19.0 Å². The van der Waals surface area contributed by atoms with Crippen molar-refractivity contribution in [2.45, 2.75) is 13.5 Å². The van der Waals surface area contributed by atoms with Gasteiger partial charge in [-0.2, -0.15) is 0 Å². The van der Waals surface area contributed by atoms with Crippen molar-refractivity contribution < 1.29 is 4.74 Å². The smallest absolute Gasteiger partial charge is 0.130 e. The summed E-state index contributed by atoms with van der Waals surface area (Å²) in [5, 5.41) is 0. The van der Waals surface area contributed by atoms with Crippen molar-refractivity contribution in [1.82, 2.24) is 9.40 Å². The number of ether oxygens (including phenoxy) is 1. The van der Waals surface area contributed by atoms with Crippen molar-refractivity contribution in [1.29, 1.82) is 0 Å². The maximum atomic E-state index is 5.89. The molecule has 0 atom stereocenters. The predicted octanol–water partition coefficient (Wildman–Crippen LogP) is 2.00. The monoisotopic (exact) mass is 225 g/mol. The van der Waals surface area contributed by atoms with Gasteiger partial charge in [0, 0.05) is 29.6 Å². The number of aromatic nitrogens is 1. The predicted molar refractivity (Wildman–Crippen MR) is 60.2 cm³/mol. The third-order valence-electron chi connectivity index (χ3n) is 2.14. The Kier molecular flexibility index (Phi) is 2.68. The third kappa shape index (κ3) is 1.99. The summed E-state index contributed by atoms with van der Waals surface area (Å²) in [5.74, 6) is 1.22. The molecule has 0 amide bonds. The molecule has 1 aromatic heterocycles. The zero-order chi connectivity index (χ0) is 10.8. The summed E-state index contributed by atoms with van der Waals surface area (Å²) in [4.78, 5) is 4.22. The van der Waals surface area contributed by atoms with Gasteiger partial charge in [-0.15, -0.1) is 0 Å². The fourth-order valence-electron chi connectivity index (χ4n) is 1.52. The summed E-state index contributed by atoms with van der Waals surface area (Å²) in [5.41, 5.74) is 7.48. The lowest BCUT2D eigenvalue weighted by molar-refractivity contribution is 0.333. The molecule has 2 N–H and O–H groups in total. The average Bonchev–Trinajstić information content (AvgIpc) is 2.19. The largest absolute Gasteiger partial charge is 0.493 e. The van der Waals surface area contributed by atoms with Crippen LogP contribution in [0.4, 0.5) is 5.82 Å². The zero-order valence-corrected chi connectivity index (χ0v) is 9.16. The second-order valence-electron chi connectivity index (χ2n) is 3.22. The molecule has 2 heterocycles. The molecular formula is C10H12ClN3O. The summed E-state index contributed by atoms with van der Waals surface area (Å²) in [6.07, 6.45) is 3.58. The van der Waals surface area contributed by atoms with Crippen LogP contribution in [0.15, 0.2) is 12.3 Å². The first-order chi connectivity index (χ1) is 7.20. The number of anilines is 1. The maximum absolute atomic E-state index is 5.89. The maximum Gasteiger partial charge on any atom is 0.130 e. The van der Waals surface area contributed by atoms with E-state index >= 15 is 0 Å². The quantitative estimate of drug-likeness (QED) is 0.783. The van der Waals surface area contributed by atoms with E-state index < -0.39 is 0 Å². The van der Waals surface area contributed by atoms with Crippen LogP contribution in [0.3, 0.4) is 0 Å². The average molecular weight is 226 g/mol. The van der Waals surface area contributed by atoms with E-state index in [4.69, 9.17) is 22.2 Å². The van der Waals surface area contributed by atoms with Gasteiger partial charge < -0.3 is 10.5 Å². The van der Waals surface area contributed by atoms with E-state index in [-0.39, 0.29) is 0 Å². The second kappa shape index (κ2) is 3.98. The highest BCUT2D eigenvalue weighted by molar-refractivity contribution is 6.14. The summed E-state index contributed by atoms with van der Waals surface area (Å²) in [7, 11) is 0. The lowest BCUT2D eigenvalue weighted by Gasteiger charge is -2.20. The summed E-state index contributed by atoms with van der Waals surface area (Å²) in [6.45, 7) is 3.11. The van der Waals surface area contributed by atoms with Crippen LogP contribution in [0.5, 0.6) is 5.75 Å². The summed E-state index contributed by atoms with van der Waals surface area (Å²) < 4.78 is 7.05.